The number of hydrogen-bond acceptors (Lipinski definition) is 3. The number of amides is 1. The van der Waals surface area contributed by atoms with Crippen molar-refractivity contribution in [3.63, 3.8) is 0 Å². The molecule has 3 saturated heterocycles. The number of carbonyl (C=O) groups excluding carboxylic acids is 1. The van der Waals surface area contributed by atoms with Crippen LogP contribution < -0.4 is 4.90 Å². The van der Waals surface area contributed by atoms with Gasteiger partial charge in [-0.3, -0.25) is 4.79 Å². The molecular formula is C20H29N3O3S. The molecule has 0 radical (unpaired) electrons. The molecule has 1 aromatic carbocycles. The van der Waals surface area contributed by atoms with Crippen LogP contribution in [0.5, 0.6) is 0 Å². The lowest BCUT2D eigenvalue weighted by Gasteiger charge is -2.45. The fraction of sp³-hybridized carbons (Fsp3) is 0.650. The maximum absolute atomic E-state index is 13.6. The van der Waals surface area contributed by atoms with Crippen LogP contribution in [0.2, 0.25) is 0 Å². The van der Waals surface area contributed by atoms with E-state index in [9.17, 15) is 13.2 Å². The van der Waals surface area contributed by atoms with Crippen LogP contribution >= 0.6 is 0 Å². The number of rotatable bonds is 3. The molecule has 27 heavy (non-hydrogen) atoms. The van der Waals surface area contributed by atoms with Gasteiger partial charge in [0.15, 0.2) is 0 Å². The van der Waals surface area contributed by atoms with E-state index in [0.717, 1.165) is 43.4 Å². The summed E-state index contributed by atoms with van der Waals surface area (Å²) in [6.07, 6.45) is 5.72. The molecule has 1 unspecified atom stereocenters. The third-order valence-corrected chi connectivity index (χ3v) is 8.42. The van der Waals surface area contributed by atoms with Gasteiger partial charge in [0, 0.05) is 31.9 Å². The van der Waals surface area contributed by atoms with Crippen molar-refractivity contribution in [2.75, 3.05) is 31.1 Å². The van der Waals surface area contributed by atoms with Crippen molar-refractivity contribution >= 4 is 21.8 Å². The lowest BCUT2D eigenvalue weighted by molar-refractivity contribution is -0.128. The molecular weight excluding hydrogens is 362 g/mol. The first-order chi connectivity index (χ1) is 12.9. The molecule has 3 aliphatic heterocycles. The monoisotopic (exact) mass is 391 g/mol. The van der Waals surface area contributed by atoms with Crippen LogP contribution in [-0.2, 0) is 15.0 Å². The van der Waals surface area contributed by atoms with Gasteiger partial charge in [-0.1, -0.05) is 24.1 Å². The zero-order valence-electron chi connectivity index (χ0n) is 16.1. The fourth-order valence-corrected chi connectivity index (χ4v) is 6.91. The highest BCUT2D eigenvalue weighted by atomic mass is 32.2. The summed E-state index contributed by atoms with van der Waals surface area (Å²) in [6.45, 7) is 4.27. The first kappa shape index (κ1) is 18.9. The second kappa shape index (κ2) is 7.18. The molecule has 1 amide bonds. The average Bonchev–Trinajstić information content (AvgIpc) is 3.11. The first-order valence-corrected chi connectivity index (χ1v) is 11.5. The predicted octanol–water partition coefficient (Wildman–Crippen LogP) is 2.69. The molecule has 3 fully saturated rings. The van der Waals surface area contributed by atoms with E-state index < -0.39 is 15.7 Å². The van der Waals surface area contributed by atoms with Crippen LogP contribution in [0.4, 0.5) is 5.69 Å². The number of hydrogen-bond donors (Lipinski definition) is 0. The van der Waals surface area contributed by atoms with E-state index in [-0.39, 0.29) is 5.91 Å². The first-order valence-electron chi connectivity index (χ1n) is 10.1. The summed E-state index contributed by atoms with van der Waals surface area (Å²) in [5.41, 5.74) is 1.11. The molecule has 0 saturated carbocycles. The van der Waals surface area contributed by atoms with E-state index in [4.69, 9.17) is 0 Å². The van der Waals surface area contributed by atoms with Crippen molar-refractivity contribution in [2.45, 2.75) is 57.4 Å². The lowest BCUT2D eigenvalue weighted by atomic mass is 9.86. The largest absolute Gasteiger partial charge is 0.311 e. The normalized spacial score (nSPS) is 28.2. The maximum Gasteiger partial charge on any atom is 0.282 e. The number of carbonyl (C=O) groups is 1. The molecule has 0 bridgehead atoms. The minimum absolute atomic E-state index is 0.0457. The van der Waals surface area contributed by atoms with Crippen molar-refractivity contribution in [3.05, 3.63) is 29.8 Å². The highest BCUT2D eigenvalue weighted by Crippen LogP contribution is 2.42. The highest BCUT2D eigenvalue weighted by Gasteiger charge is 2.56. The van der Waals surface area contributed by atoms with Gasteiger partial charge in [0.05, 0.1) is 0 Å². The van der Waals surface area contributed by atoms with Gasteiger partial charge in [-0.2, -0.15) is 17.0 Å². The zero-order chi connectivity index (χ0) is 19.1. The van der Waals surface area contributed by atoms with Gasteiger partial charge in [0.2, 0.25) is 5.91 Å². The number of benzene rings is 1. The molecule has 4 rings (SSSR count). The van der Waals surface area contributed by atoms with Crippen molar-refractivity contribution in [1.82, 2.24) is 8.61 Å². The third kappa shape index (κ3) is 3.19. The van der Waals surface area contributed by atoms with Gasteiger partial charge >= 0.3 is 0 Å². The van der Waals surface area contributed by atoms with Crippen LogP contribution in [0, 0.1) is 6.92 Å². The van der Waals surface area contributed by atoms with Crippen molar-refractivity contribution in [2.24, 2.45) is 0 Å². The Morgan fingerprint density at radius 1 is 0.852 bits per heavy atom. The van der Waals surface area contributed by atoms with E-state index in [1.807, 2.05) is 31.2 Å². The highest BCUT2D eigenvalue weighted by molar-refractivity contribution is 7.86. The Labute approximate surface area is 162 Å². The van der Waals surface area contributed by atoms with Gasteiger partial charge < -0.3 is 4.90 Å². The summed E-state index contributed by atoms with van der Waals surface area (Å²) in [5.74, 6) is -0.0457. The molecule has 7 heteroatoms. The Hall–Kier alpha value is -1.44. The van der Waals surface area contributed by atoms with E-state index >= 15 is 0 Å². The maximum atomic E-state index is 13.6. The second-order valence-corrected chi connectivity index (χ2v) is 9.92. The van der Waals surface area contributed by atoms with E-state index in [1.165, 1.54) is 0 Å². The van der Waals surface area contributed by atoms with Crippen LogP contribution in [-0.4, -0.2) is 54.7 Å². The van der Waals surface area contributed by atoms with E-state index in [1.54, 1.807) is 13.5 Å². The third-order valence-electron chi connectivity index (χ3n) is 6.31. The lowest BCUT2D eigenvalue weighted by Crippen LogP contribution is -2.63. The van der Waals surface area contributed by atoms with Crippen molar-refractivity contribution in [3.8, 4) is 0 Å². The van der Waals surface area contributed by atoms with Crippen LogP contribution in [0.1, 0.15) is 50.5 Å². The zero-order valence-corrected chi connectivity index (χ0v) is 16.9. The summed E-state index contributed by atoms with van der Waals surface area (Å²) < 4.78 is 29.9. The Balaban J connectivity index is 1.65. The smallest absolute Gasteiger partial charge is 0.282 e. The topological polar surface area (TPSA) is 60.9 Å². The summed E-state index contributed by atoms with van der Waals surface area (Å²) in [5, 5.41) is 0. The Morgan fingerprint density at radius 3 is 2.15 bits per heavy atom. The standard InChI is InChI=1S/C20H29N3O3S/c1-17-7-9-18(10-8-17)22-15-5-11-20(19(22)24)12-6-16-23(20)27(25,26)21-13-3-2-4-14-21/h7-10H,2-6,11-16H2,1H3. The number of anilines is 1. The number of piperidine rings is 2. The summed E-state index contributed by atoms with van der Waals surface area (Å²) in [4.78, 5) is 15.4. The molecule has 0 aromatic heterocycles. The Bertz CT molecular complexity index is 802. The fourth-order valence-electron chi connectivity index (χ4n) is 4.85. The van der Waals surface area contributed by atoms with Crippen molar-refractivity contribution < 1.29 is 13.2 Å². The Kier molecular flexibility index (Phi) is 5.03. The molecule has 1 atom stereocenters. The molecule has 3 heterocycles. The van der Waals surface area contributed by atoms with Gasteiger partial charge in [0.1, 0.15) is 5.54 Å². The molecule has 1 aromatic rings. The quantitative estimate of drug-likeness (QED) is 0.796. The number of aryl methyl sites for hydroxylation is 1. The van der Waals surface area contributed by atoms with Gasteiger partial charge in [-0.05, 0) is 57.6 Å². The van der Waals surface area contributed by atoms with Gasteiger partial charge in [0.25, 0.3) is 10.2 Å². The summed E-state index contributed by atoms with van der Waals surface area (Å²) in [7, 11) is -3.60. The van der Waals surface area contributed by atoms with Crippen LogP contribution in [0.25, 0.3) is 0 Å². The Morgan fingerprint density at radius 2 is 1.48 bits per heavy atom. The van der Waals surface area contributed by atoms with Gasteiger partial charge in [-0.25, -0.2) is 0 Å². The second-order valence-electron chi connectivity index (χ2n) is 8.07. The minimum Gasteiger partial charge on any atom is -0.311 e. The van der Waals surface area contributed by atoms with E-state index in [2.05, 4.69) is 0 Å². The van der Waals surface area contributed by atoms with E-state index in [0.29, 0.717) is 39.0 Å². The van der Waals surface area contributed by atoms with Crippen LogP contribution in [0.15, 0.2) is 24.3 Å². The minimum atomic E-state index is -3.60. The van der Waals surface area contributed by atoms with Crippen LogP contribution in [0.3, 0.4) is 0 Å². The molecule has 1 spiro atoms. The average molecular weight is 392 g/mol. The predicted molar refractivity (Wildman–Crippen MR) is 106 cm³/mol. The molecule has 0 aliphatic carbocycles. The summed E-state index contributed by atoms with van der Waals surface area (Å²) in [6, 6.07) is 7.93. The van der Waals surface area contributed by atoms with Gasteiger partial charge in [-0.15, -0.1) is 0 Å². The SMILES string of the molecule is Cc1ccc(N2CCCC3(CCCN3S(=O)(=O)N3CCCCC3)C2=O)cc1. The molecule has 0 N–H and O–H groups in total. The van der Waals surface area contributed by atoms with Crippen molar-refractivity contribution in [1.29, 1.82) is 0 Å². The summed E-state index contributed by atoms with van der Waals surface area (Å²) >= 11 is 0. The molecule has 6 nitrogen and oxygen atoms in total. The molecule has 3 aliphatic rings. The molecule has 148 valence electrons. The number of nitrogens with zero attached hydrogens (tertiary/aromatic N) is 3.